The van der Waals surface area contributed by atoms with Gasteiger partial charge in [-0.3, -0.25) is 0 Å². The first kappa shape index (κ1) is 14.0. The van der Waals surface area contributed by atoms with Gasteiger partial charge in [-0.05, 0) is 62.2 Å². The summed E-state index contributed by atoms with van der Waals surface area (Å²) < 4.78 is 0. The third kappa shape index (κ3) is 4.38. The van der Waals surface area contributed by atoms with Gasteiger partial charge in [0, 0.05) is 24.5 Å². The first-order valence-electron chi connectivity index (χ1n) is 7.22. The number of rotatable bonds is 5. The monoisotopic (exact) mass is 266 g/mol. The van der Waals surface area contributed by atoms with Crippen LogP contribution in [0.15, 0.2) is 11.4 Å². The van der Waals surface area contributed by atoms with E-state index in [4.69, 9.17) is 0 Å². The van der Waals surface area contributed by atoms with Crippen LogP contribution in [0.25, 0.3) is 0 Å². The first-order valence-corrected chi connectivity index (χ1v) is 8.09. The van der Waals surface area contributed by atoms with Crippen molar-refractivity contribution in [2.75, 3.05) is 26.2 Å². The lowest BCUT2D eigenvalue weighted by Gasteiger charge is -2.20. The quantitative estimate of drug-likeness (QED) is 0.823. The number of nitrogens with one attached hydrogen (secondary N) is 1. The predicted octanol–water partition coefficient (Wildman–Crippen LogP) is 3.27. The Balaban J connectivity index is 1.62. The number of hydrogen-bond acceptors (Lipinski definition) is 3. The summed E-state index contributed by atoms with van der Waals surface area (Å²) in [6, 6.07) is 2.21. The van der Waals surface area contributed by atoms with Crippen molar-refractivity contribution < 1.29 is 0 Å². The Morgan fingerprint density at radius 1 is 1.39 bits per heavy atom. The Morgan fingerprint density at radius 3 is 3.06 bits per heavy atom. The molecule has 0 saturated carbocycles. The second-order valence-corrected chi connectivity index (χ2v) is 6.58. The Bertz CT molecular complexity index is 348. The van der Waals surface area contributed by atoms with Crippen LogP contribution in [0, 0.1) is 12.8 Å². The van der Waals surface area contributed by atoms with Gasteiger partial charge in [-0.15, -0.1) is 11.3 Å². The fourth-order valence-electron chi connectivity index (χ4n) is 2.57. The van der Waals surface area contributed by atoms with Crippen molar-refractivity contribution in [3.63, 3.8) is 0 Å². The van der Waals surface area contributed by atoms with E-state index in [2.05, 4.69) is 35.5 Å². The van der Waals surface area contributed by atoms with E-state index in [1.165, 1.54) is 49.3 Å². The van der Waals surface area contributed by atoms with Gasteiger partial charge in [0.2, 0.25) is 0 Å². The van der Waals surface area contributed by atoms with Gasteiger partial charge in [-0.1, -0.05) is 6.92 Å². The molecule has 18 heavy (non-hydrogen) atoms. The lowest BCUT2D eigenvalue weighted by molar-refractivity contribution is 0.281. The van der Waals surface area contributed by atoms with Gasteiger partial charge in [0.1, 0.15) is 0 Å². The maximum Gasteiger partial charge on any atom is 0.0302 e. The number of thiophene rings is 1. The SMILES string of the molecule is Cc1ccsc1CNCCN1CCCC(C)CC1. The van der Waals surface area contributed by atoms with Crippen molar-refractivity contribution in [1.82, 2.24) is 10.2 Å². The molecule has 1 atom stereocenters. The third-order valence-corrected chi connectivity index (χ3v) is 4.99. The Hall–Kier alpha value is -0.380. The normalized spacial score (nSPS) is 22.0. The molecule has 2 nitrogen and oxygen atoms in total. The minimum Gasteiger partial charge on any atom is -0.311 e. The maximum absolute atomic E-state index is 3.58. The van der Waals surface area contributed by atoms with Crippen LogP contribution >= 0.6 is 11.3 Å². The molecule has 1 aromatic heterocycles. The van der Waals surface area contributed by atoms with Crippen LogP contribution in [0.2, 0.25) is 0 Å². The van der Waals surface area contributed by atoms with E-state index in [9.17, 15) is 0 Å². The highest BCUT2D eigenvalue weighted by molar-refractivity contribution is 7.10. The molecule has 0 spiro atoms. The fourth-order valence-corrected chi connectivity index (χ4v) is 3.45. The van der Waals surface area contributed by atoms with E-state index < -0.39 is 0 Å². The average Bonchev–Trinajstić information content (AvgIpc) is 2.64. The molecule has 0 aromatic carbocycles. The molecular formula is C15H26N2S. The van der Waals surface area contributed by atoms with Gasteiger partial charge in [-0.2, -0.15) is 0 Å². The molecule has 1 fully saturated rings. The van der Waals surface area contributed by atoms with Gasteiger partial charge in [-0.25, -0.2) is 0 Å². The summed E-state index contributed by atoms with van der Waals surface area (Å²) in [5.74, 6) is 0.928. The second-order valence-electron chi connectivity index (χ2n) is 5.58. The topological polar surface area (TPSA) is 15.3 Å². The molecule has 102 valence electrons. The second kappa shape index (κ2) is 7.27. The Labute approximate surface area is 115 Å². The summed E-state index contributed by atoms with van der Waals surface area (Å²) in [6.45, 7) is 10.5. The van der Waals surface area contributed by atoms with Crippen molar-refractivity contribution in [2.45, 2.75) is 39.7 Å². The molecule has 1 aromatic rings. The molecule has 0 amide bonds. The van der Waals surface area contributed by atoms with Crippen LogP contribution in [0.1, 0.15) is 36.6 Å². The van der Waals surface area contributed by atoms with Gasteiger partial charge in [0.25, 0.3) is 0 Å². The van der Waals surface area contributed by atoms with Gasteiger partial charge in [0.05, 0.1) is 0 Å². The van der Waals surface area contributed by atoms with E-state index in [0.29, 0.717) is 0 Å². The fraction of sp³-hybridized carbons (Fsp3) is 0.733. The molecule has 2 heterocycles. The molecule has 1 saturated heterocycles. The smallest absolute Gasteiger partial charge is 0.0302 e. The lowest BCUT2D eigenvalue weighted by Crippen LogP contribution is -2.32. The Kier molecular flexibility index (Phi) is 5.67. The van der Waals surface area contributed by atoms with Crippen molar-refractivity contribution in [3.05, 3.63) is 21.9 Å². The third-order valence-electron chi connectivity index (χ3n) is 3.97. The highest BCUT2D eigenvalue weighted by Gasteiger charge is 2.12. The van der Waals surface area contributed by atoms with E-state index in [0.717, 1.165) is 19.0 Å². The summed E-state index contributed by atoms with van der Waals surface area (Å²) in [5.41, 5.74) is 1.43. The van der Waals surface area contributed by atoms with Crippen molar-refractivity contribution in [2.24, 2.45) is 5.92 Å². The number of hydrogen-bond donors (Lipinski definition) is 1. The summed E-state index contributed by atoms with van der Waals surface area (Å²) in [5, 5.41) is 5.76. The van der Waals surface area contributed by atoms with Crippen LogP contribution in [-0.4, -0.2) is 31.1 Å². The van der Waals surface area contributed by atoms with Crippen LogP contribution in [0.4, 0.5) is 0 Å². The van der Waals surface area contributed by atoms with Gasteiger partial charge < -0.3 is 10.2 Å². The highest BCUT2D eigenvalue weighted by Crippen LogP contribution is 2.16. The van der Waals surface area contributed by atoms with Crippen molar-refractivity contribution in [3.8, 4) is 0 Å². The molecule has 1 aliphatic heterocycles. The number of nitrogens with zero attached hydrogens (tertiary/aromatic N) is 1. The molecule has 3 heteroatoms. The summed E-state index contributed by atoms with van der Waals surface area (Å²) in [4.78, 5) is 4.11. The van der Waals surface area contributed by atoms with E-state index in [1.54, 1.807) is 0 Å². The summed E-state index contributed by atoms with van der Waals surface area (Å²) >= 11 is 1.86. The van der Waals surface area contributed by atoms with E-state index in [-0.39, 0.29) is 0 Å². The number of aryl methyl sites for hydroxylation is 1. The van der Waals surface area contributed by atoms with Gasteiger partial charge >= 0.3 is 0 Å². The zero-order chi connectivity index (χ0) is 12.8. The predicted molar refractivity (Wildman–Crippen MR) is 80.2 cm³/mol. The van der Waals surface area contributed by atoms with E-state index in [1.807, 2.05) is 11.3 Å². The average molecular weight is 266 g/mol. The van der Waals surface area contributed by atoms with Crippen LogP contribution in [0.5, 0.6) is 0 Å². The number of likely N-dealkylation sites (tertiary alicyclic amines) is 1. The van der Waals surface area contributed by atoms with E-state index >= 15 is 0 Å². The molecule has 2 rings (SSSR count). The molecule has 0 bridgehead atoms. The summed E-state index contributed by atoms with van der Waals surface area (Å²) in [6.07, 6.45) is 4.17. The lowest BCUT2D eigenvalue weighted by atomic mass is 10.0. The van der Waals surface area contributed by atoms with Crippen LogP contribution < -0.4 is 5.32 Å². The molecule has 1 N–H and O–H groups in total. The molecule has 0 radical (unpaired) electrons. The summed E-state index contributed by atoms with van der Waals surface area (Å²) in [7, 11) is 0. The maximum atomic E-state index is 3.58. The van der Waals surface area contributed by atoms with Crippen LogP contribution in [-0.2, 0) is 6.54 Å². The zero-order valence-corrected chi connectivity index (χ0v) is 12.6. The van der Waals surface area contributed by atoms with Gasteiger partial charge in [0.15, 0.2) is 0 Å². The van der Waals surface area contributed by atoms with Crippen molar-refractivity contribution >= 4 is 11.3 Å². The van der Waals surface area contributed by atoms with Crippen molar-refractivity contribution in [1.29, 1.82) is 0 Å². The Morgan fingerprint density at radius 2 is 2.28 bits per heavy atom. The minimum atomic E-state index is 0.928. The highest BCUT2D eigenvalue weighted by atomic mass is 32.1. The zero-order valence-electron chi connectivity index (χ0n) is 11.7. The first-order chi connectivity index (χ1) is 8.75. The molecule has 1 aliphatic rings. The van der Waals surface area contributed by atoms with Crippen LogP contribution in [0.3, 0.4) is 0 Å². The molecular weight excluding hydrogens is 240 g/mol. The standard InChI is InChI=1S/C15H26N2S/c1-13-4-3-8-17(9-5-13)10-7-16-12-15-14(2)6-11-18-15/h6,11,13,16H,3-5,7-10,12H2,1-2H3. The largest absolute Gasteiger partial charge is 0.311 e. The molecule has 0 aliphatic carbocycles. The molecule has 1 unspecified atom stereocenters. The minimum absolute atomic E-state index is 0.928.